The molecule has 0 bridgehead atoms. The van der Waals surface area contributed by atoms with E-state index in [1.54, 1.807) is 42.3 Å². The molecule has 18 rings (SSSR count). The highest BCUT2D eigenvalue weighted by atomic mass is 16.5. The molecule has 0 aliphatic carbocycles. The number of benzene rings is 5. The highest BCUT2D eigenvalue weighted by Crippen LogP contribution is 2.38. The molecule has 5 aromatic carbocycles. The molecule has 5 aliphatic rings. The van der Waals surface area contributed by atoms with Gasteiger partial charge in [0.2, 0.25) is 5.95 Å². The summed E-state index contributed by atoms with van der Waals surface area (Å²) in [4.78, 5) is 82.8. The van der Waals surface area contributed by atoms with Crippen LogP contribution < -0.4 is 40.8 Å². The number of nitrogens with one attached hydrogen (secondary N) is 2. The number of aliphatic hydroxyl groups excluding tert-OH is 1. The number of phenolic OH excluding ortho intramolecular Hbond substituents is 1. The van der Waals surface area contributed by atoms with Crippen molar-refractivity contribution in [2.24, 2.45) is 0 Å². The van der Waals surface area contributed by atoms with Gasteiger partial charge in [-0.05, 0) is 131 Å². The summed E-state index contributed by atoms with van der Waals surface area (Å²) in [6.07, 6.45) is 4.17. The zero-order valence-electron chi connectivity index (χ0n) is 65.7. The summed E-state index contributed by atoms with van der Waals surface area (Å²) in [6.45, 7) is 19.2. The van der Waals surface area contributed by atoms with Crippen LogP contribution in [0.2, 0.25) is 0 Å². The van der Waals surface area contributed by atoms with E-state index in [0.29, 0.717) is 116 Å². The predicted octanol–water partition coefficient (Wildman–Crippen LogP) is 11.7. The lowest BCUT2D eigenvalue weighted by Crippen LogP contribution is -2.46. The highest BCUT2D eigenvalue weighted by molar-refractivity contribution is 6.00. The lowest BCUT2D eigenvalue weighted by Gasteiger charge is -2.36. The number of H-pyrrole nitrogens is 1. The van der Waals surface area contributed by atoms with Gasteiger partial charge in [-0.15, -0.1) is 0 Å². The number of aliphatic hydroxyl groups is 1. The Hall–Kier alpha value is -12.6. The normalized spacial score (nSPS) is 16.7. The minimum Gasteiger partial charge on any atom is -0.508 e. The Balaban J connectivity index is 0.000000124. The molecule has 8 aromatic heterocycles. The van der Waals surface area contributed by atoms with Gasteiger partial charge in [0.25, 0.3) is 0 Å². The Morgan fingerprint density at radius 2 is 1.35 bits per heavy atom. The smallest absolute Gasteiger partial charge is 0.411 e. The molecular formula is C84H93N19O13. The molecule has 5 saturated heterocycles. The van der Waals surface area contributed by atoms with Crippen molar-refractivity contribution in [3.8, 4) is 56.7 Å². The van der Waals surface area contributed by atoms with Crippen LogP contribution in [0.3, 0.4) is 0 Å². The maximum Gasteiger partial charge on any atom is 0.411 e. The summed E-state index contributed by atoms with van der Waals surface area (Å²) in [5, 5.41) is 35.5. The molecule has 2 atom stereocenters. The van der Waals surface area contributed by atoms with Crippen molar-refractivity contribution in [2.45, 2.75) is 71.4 Å². The number of ether oxygens (including phenoxy) is 7. The number of morpholine rings is 4. The third-order valence-electron chi connectivity index (χ3n) is 20.9. The molecular weight excluding hydrogens is 1480 g/mol. The number of rotatable bonds is 13. The van der Waals surface area contributed by atoms with Crippen molar-refractivity contribution in [3.05, 3.63) is 162 Å². The van der Waals surface area contributed by atoms with E-state index in [4.69, 9.17) is 68.6 Å². The van der Waals surface area contributed by atoms with E-state index >= 15 is 0 Å². The van der Waals surface area contributed by atoms with Crippen LogP contribution >= 0.6 is 0 Å². The molecule has 0 saturated carbocycles. The zero-order valence-corrected chi connectivity index (χ0v) is 65.7. The molecule has 0 unspecified atom stereocenters. The van der Waals surface area contributed by atoms with E-state index < -0.39 is 6.09 Å². The molecule has 602 valence electrons. The first-order valence-electron chi connectivity index (χ1n) is 38.8. The number of anilines is 6. The summed E-state index contributed by atoms with van der Waals surface area (Å²) in [5.74, 6) is 4.86. The number of para-hydroxylation sites is 1. The molecule has 0 radical (unpaired) electrons. The van der Waals surface area contributed by atoms with Gasteiger partial charge in [0, 0.05) is 116 Å². The van der Waals surface area contributed by atoms with Crippen molar-refractivity contribution in [2.75, 3.05) is 157 Å². The SMILES string of the molecule is CC(C)n1nc(-c2cc3cc(O)ccc3[nH]2)c2c(N)ncnc21.COC(=O)Nc1ccc(-c2nc(N3CCOCC3)c3cnn(C4CCN(C(=O)OC)CC4)c3n2)cc1.COc1ccc(-c2ccc3c(N4CCOCC4)nc(N4C[C@@H](C)O[C@@H](C)C4)nc3n2)cc1CO.O=c1cc(N2CCOCC2)oc2c(-c3ccccc3)cccc12. The van der Waals surface area contributed by atoms with Crippen LogP contribution in [0.1, 0.15) is 58.2 Å². The number of likely N-dealkylation sites (tertiary alicyclic amines) is 1. The highest BCUT2D eigenvalue weighted by Gasteiger charge is 2.31. The average Bonchev–Trinajstić information content (AvgIpc) is 1.45. The van der Waals surface area contributed by atoms with Crippen LogP contribution in [0.5, 0.6) is 11.5 Å². The van der Waals surface area contributed by atoms with E-state index in [0.717, 1.165) is 149 Å². The Morgan fingerprint density at radius 3 is 2.03 bits per heavy atom. The fraction of sp³-hybridized carbons (Fsp3) is 0.357. The molecule has 116 heavy (non-hydrogen) atoms. The van der Waals surface area contributed by atoms with Crippen molar-refractivity contribution in [1.29, 1.82) is 0 Å². The molecule has 0 spiro atoms. The summed E-state index contributed by atoms with van der Waals surface area (Å²) in [7, 11) is 4.32. The molecule has 32 nitrogen and oxygen atoms in total. The van der Waals surface area contributed by atoms with Crippen molar-refractivity contribution in [3.63, 3.8) is 0 Å². The first kappa shape index (κ1) is 78.6. The number of carbonyl (C=O) groups is 2. The van der Waals surface area contributed by atoms with Gasteiger partial charge in [0.05, 0.1) is 125 Å². The van der Waals surface area contributed by atoms with Gasteiger partial charge in [-0.2, -0.15) is 20.2 Å². The number of pyridine rings is 1. The van der Waals surface area contributed by atoms with Crippen LogP contribution in [-0.4, -0.2) is 225 Å². The van der Waals surface area contributed by atoms with Crippen LogP contribution in [0.15, 0.2) is 155 Å². The van der Waals surface area contributed by atoms with E-state index in [1.807, 2.05) is 133 Å². The molecule has 2 amide bonds. The van der Waals surface area contributed by atoms with Gasteiger partial charge in [-0.1, -0.05) is 42.5 Å². The standard InChI is InChI=1S/C25H31N5O4.C24H29N7O5.C19H17NO3.C16H16N6O/c1-16-13-30(14-17(2)34-16)25-27-23-20(24(28-25)29-8-10-33-11-9-29)5-6-21(26-23)18-4-7-22(32-3)19(12-18)15-31;1-34-23(32)26-17-5-3-16(4-6-17)20-27-21(29-11-13-36-14-12-29)19-15-25-31(22(19)28-20)18-7-9-30(10-8-18)24(33)35-2;21-17-13-18(20-9-11-22-12-10-20)23-19-15(7-4-8-16(17)19)14-5-2-1-3-6-14;1-8(2)22-16-13(15(17)18-7-19-16)14(21-22)12-6-9-5-10(23)3-4-11(9)20-12/h4-7,12,16-17,31H,8-11,13-15H2,1-3H3;3-6,15,18H,7-14H2,1-2H3,(H,26,32);1-8,13H,9-12H2;3-8,20,23H,1-2H3,(H2,17,18,19)/t16-,17+;;;. The van der Waals surface area contributed by atoms with Crippen molar-refractivity contribution < 1.29 is 57.4 Å². The number of hydrogen-bond acceptors (Lipinski definition) is 27. The van der Waals surface area contributed by atoms with Crippen LogP contribution in [0.25, 0.3) is 100 Å². The lowest BCUT2D eigenvalue weighted by molar-refractivity contribution is -0.00570. The van der Waals surface area contributed by atoms with Gasteiger partial charge in [0.1, 0.15) is 46.6 Å². The van der Waals surface area contributed by atoms with E-state index in [2.05, 4.69) is 63.6 Å². The van der Waals surface area contributed by atoms with Crippen LogP contribution in [0, 0.1) is 0 Å². The number of piperidine rings is 1. The number of nitrogen functional groups attached to an aromatic ring is 1. The summed E-state index contributed by atoms with van der Waals surface area (Å²) < 4.78 is 47.2. The van der Waals surface area contributed by atoms with E-state index in [9.17, 15) is 24.6 Å². The molecule has 13 heterocycles. The Morgan fingerprint density at radius 1 is 0.664 bits per heavy atom. The first-order chi connectivity index (χ1) is 56.5. The number of methoxy groups -OCH3 is 3. The second-order valence-corrected chi connectivity index (χ2v) is 28.9. The quantitative estimate of drug-likeness (QED) is 0.0716. The fourth-order valence-electron chi connectivity index (χ4n) is 15.1. The number of nitrogens with two attached hydrogens (primary N) is 1. The lowest BCUT2D eigenvalue weighted by atomic mass is 10.0. The third kappa shape index (κ3) is 17.2. The molecule has 5 fully saturated rings. The van der Waals surface area contributed by atoms with Gasteiger partial charge in [-0.25, -0.2) is 43.9 Å². The number of phenols is 1. The molecule has 5 aliphatic heterocycles. The second-order valence-electron chi connectivity index (χ2n) is 28.9. The largest absolute Gasteiger partial charge is 0.508 e. The molecule has 13 aromatic rings. The van der Waals surface area contributed by atoms with Crippen molar-refractivity contribution >= 4 is 102 Å². The number of amides is 2. The molecule has 6 N–H and O–H groups in total. The number of hydrogen-bond donors (Lipinski definition) is 5. The predicted molar refractivity (Wildman–Crippen MR) is 443 cm³/mol. The fourth-order valence-corrected chi connectivity index (χ4v) is 15.1. The number of nitrogens with zero attached hydrogens (tertiary/aromatic N) is 16. The first-order valence-corrected chi connectivity index (χ1v) is 38.8. The Bertz CT molecular complexity index is 5690. The van der Waals surface area contributed by atoms with Crippen LogP contribution in [0.4, 0.5) is 44.6 Å². The van der Waals surface area contributed by atoms with Gasteiger partial charge < -0.3 is 83.0 Å². The number of aromatic amines is 1. The summed E-state index contributed by atoms with van der Waals surface area (Å²) >= 11 is 0. The van der Waals surface area contributed by atoms with E-state index in [-0.39, 0.29) is 48.2 Å². The summed E-state index contributed by atoms with van der Waals surface area (Å²) in [5.41, 5.74) is 17.1. The van der Waals surface area contributed by atoms with Crippen LogP contribution in [-0.2, 0) is 35.0 Å². The Labute approximate surface area is 667 Å². The monoisotopic (exact) mass is 1580 g/mol. The number of aromatic nitrogens is 12. The topological polar surface area (TPSA) is 365 Å². The van der Waals surface area contributed by atoms with Crippen molar-refractivity contribution in [1.82, 2.24) is 64.3 Å². The third-order valence-corrected chi connectivity index (χ3v) is 20.9. The average molecular weight is 1580 g/mol. The van der Waals surface area contributed by atoms with Gasteiger partial charge in [0.15, 0.2) is 34.1 Å². The molecule has 32 heteroatoms. The number of aromatic hydroxyl groups is 1. The zero-order chi connectivity index (χ0) is 80.5. The Kier molecular flexibility index (Phi) is 24.0. The number of fused-ring (bicyclic) bond motifs is 5. The summed E-state index contributed by atoms with van der Waals surface area (Å²) in [6, 6.07) is 41.7. The number of carbonyl (C=O) groups excluding carboxylic acids is 2. The minimum atomic E-state index is -0.530. The van der Waals surface area contributed by atoms with Gasteiger partial charge >= 0.3 is 12.2 Å². The van der Waals surface area contributed by atoms with E-state index in [1.165, 1.54) is 20.5 Å². The van der Waals surface area contributed by atoms with Gasteiger partial charge in [-0.3, -0.25) is 10.1 Å². The maximum atomic E-state index is 12.5. The minimum absolute atomic E-state index is 0.00878. The maximum absolute atomic E-state index is 12.5. The second kappa shape index (κ2) is 35.4.